The quantitative estimate of drug-likeness (QED) is 0.860. The van der Waals surface area contributed by atoms with Gasteiger partial charge in [-0.3, -0.25) is 4.79 Å². The van der Waals surface area contributed by atoms with Gasteiger partial charge in [0.2, 0.25) is 10.0 Å². The fourth-order valence-corrected chi connectivity index (χ4v) is 5.39. The first-order chi connectivity index (χ1) is 11.0. The van der Waals surface area contributed by atoms with Gasteiger partial charge in [0.05, 0.1) is 11.0 Å². The molecule has 2 saturated heterocycles. The summed E-state index contributed by atoms with van der Waals surface area (Å²) < 4.78 is 26.6. The van der Waals surface area contributed by atoms with Crippen molar-refractivity contribution in [1.29, 1.82) is 0 Å². The molecule has 0 bridgehead atoms. The maximum Gasteiger partial charge on any atom is 0.253 e. The van der Waals surface area contributed by atoms with Crippen LogP contribution in [0.4, 0.5) is 0 Å². The number of thioether (sulfide) groups is 1. The summed E-state index contributed by atoms with van der Waals surface area (Å²) in [7, 11) is -3.48. The van der Waals surface area contributed by atoms with Gasteiger partial charge in [-0.2, -0.15) is 16.1 Å². The molecule has 8 heteroatoms. The minimum Gasteiger partial charge on any atom is -0.391 e. The van der Waals surface area contributed by atoms with Gasteiger partial charge in [0.15, 0.2) is 0 Å². The van der Waals surface area contributed by atoms with E-state index < -0.39 is 16.1 Å². The Balaban J connectivity index is 1.75. The second-order valence-electron chi connectivity index (χ2n) is 5.73. The van der Waals surface area contributed by atoms with Crippen molar-refractivity contribution in [3.63, 3.8) is 0 Å². The number of carbonyl (C=O) groups is 1. The highest BCUT2D eigenvalue weighted by atomic mass is 32.2. The Hall–Kier alpha value is -1.09. The number of aliphatic hydroxyl groups excluding tert-OH is 1. The Bertz CT molecular complexity index is 669. The van der Waals surface area contributed by atoms with Crippen LogP contribution in [0.2, 0.25) is 0 Å². The lowest BCUT2D eigenvalue weighted by Crippen LogP contribution is -2.37. The van der Waals surface area contributed by atoms with Crippen LogP contribution in [-0.4, -0.2) is 72.4 Å². The summed E-state index contributed by atoms with van der Waals surface area (Å²) in [6.07, 6.45) is 0.126. The van der Waals surface area contributed by atoms with E-state index in [0.717, 1.165) is 11.5 Å². The number of hydrogen-bond acceptors (Lipinski definition) is 5. The monoisotopic (exact) mass is 356 g/mol. The Labute approximate surface area is 140 Å². The van der Waals surface area contributed by atoms with E-state index in [9.17, 15) is 18.3 Å². The second-order valence-corrected chi connectivity index (χ2v) is 8.90. The van der Waals surface area contributed by atoms with Gasteiger partial charge in [0.1, 0.15) is 0 Å². The smallest absolute Gasteiger partial charge is 0.253 e. The molecular formula is C15H20N2O4S2. The number of likely N-dealkylation sites (tertiary alicyclic amines) is 1. The van der Waals surface area contributed by atoms with Crippen molar-refractivity contribution in [2.75, 3.05) is 37.7 Å². The van der Waals surface area contributed by atoms with Gasteiger partial charge in [0, 0.05) is 43.2 Å². The van der Waals surface area contributed by atoms with Crippen LogP contribution in [-0.2, 0) is 10.0 Å². The van der Waals surface area contributed by atoms with E-state index >= 15 is 0 Å². The third-order valence-corrected chi connectivity index (χ3v) is 7.02. The lowest BCUT2D eigenvalue weighted by atomic mass is 10.2. The van der Waals surface area contributed by atoms with Gasteiger partial charge in [-0.25, -0.2) is 8.42 Å². The number of carbonyl (C=O) groups excluding carboxylic acids is 1. The number of nitrogens with zero attached hydrogens (tertiary/aromatic N) is 2. The summed E-state index contributed by atoms with van der Waals surface area (Å²) >= 11 is 1.75. The van der Waals surface area contributed by atoms with Crippen molar-refractivity contribution in [3.8, 4) is 0 Å². The Morgan fingerprint density at radius 3 is 2.35 bits per heavy atom. The molecule has 0 radical (unpaired) electrons. The number of hydrogen-bond donors (Lipinski definition) is 1. The number of aliphatic hydroxyl groups is 1. The third-order valence-electron chi connectivity index (χ3n) is 4.16. The molecule has 0 saturated carbocycles. The molecule has 2 heterocycles. The molecule has 1 N–H and O–H groups in total. The third kappa shape index (κ3) is 3.55. The lowest BCUT2D eigenvalue weighted by molar-refractivity contribution is 0.0765. The first kappa shape index (κ1) is 16.8. The molecule has 23 heavy (non-hydrogen) atoms. The molecule has 1 amide bonds. The molecule has 0 unspecified atom stereocenters. The number of benzene rings is 1. The first-order valence-corrected chi connectivity index (χ1v) is 10.2. The van der Waals surface area contributed by atoms with Gasteiger partial charge < -0.3 is 10.0 Å². The van der Waals surface area contributed by atoms with E-state index in [1.54, 1.807) is 28.8 Å². The lowest BCUT2D eigenvalue weighted by Gasteiger charge is -2.25. The van der Waals surface area contributed by atoms with E-state index in [4.69, 9.17) is 0 Å². The van der Waals surface area contributed by atoms with Crippen LogP contribution in [0, 0.1) is 0 Å². The van der Waals surface area contributed by atoms with Gasteiger partial charge >= 0.3 is 0 Å². The fraction of sp³-hybridized carbons (Fsp3) is 0.533. The zero-order chi connectivity index (χ0) is 16.4. The summed E-state index contributed by atoms with van der Waals surface area (Å²) in [5.74, 6) is 1.46. The van der Waals surface area contributed by atoms with E-state index in [1.165, 1.54) is 16.4 Å². The SMILES string of the molecule is O=C(c1ccc(S(=O)(=O)N2CCSCC2)cc1)N1CC[C@@H](O)C1. The summed E-state index contributed by atoms with van der Waals surface area (Å²) in [6.45, 7) is 1.93. The Kier molecular flexibility index (Phi) is 4.96. The summed E-state index contributed by atoms with van der Waals surface area (Å²) in [6, 6.07) is 6.10. The molecule has 1 aromatic rings. The van der Waals surface area contributed by atoms with Crippen LogP contribution in [0.15, 0.2) is 29.2 Å². The highest BCUT2D eigenvalue weighted by molar-refractivity contribution is 7.99. The highest BCUT2D eigenvalue weighted by Gasteiger charge is 2.28. The van der Waals surface area contributed by atoms with Crippen LogP contribution in [0.3, 0.4) is 0 Å². The van der Waals surface area contributed by atoms with Crippen LogP contribution in [0.5, 0.6) is 0 Å². The van der Waals surface area contributed by atoms with E-state index in [-0.39, 0.29) is 10.8 Å². The zero-order valence-electron chi connectivity index (χ0n) is 12.7. The molecule has 0 aliphatic carbocycles. The summed E-state index contributed by atoms with van der Waals surface area (Å²) in [5, 5.41) is 9.51. The molecule has 0 spiro atoms. The van der Waals surface area contributed by atoms with E-state index in [2.05, 4.69) is 0 Å². The van der Waals surface area contributed by atoms with Gasteiger partial charge in [0.25, 0.3) is 5.91 Å². The molecule has 3 rings (SSSR count). The minimum atomic E-state index is -3.48. The molecule has 2 fully saturated rings. The van der Waals surface area contributed by atoms with Gasteiger partial charge in [-0.15, -0.1) is 0 Å². The van der Waals surface area contributed by atoms with Crippen molar-refractivity contribution in [3.05, 3.63) is 29.8 Å². The average molecular weight is 356 g/mol. The van der Waals surface area contributed by atoms with E-state index in [1.807, 2.05) is 0 Å². The molecule has 1 atom stereocenters. The summed E-state index contributed by atoms with van der Waals surface area (Å²) in [5.41, 5.74) is 0.451. The first-order valence-electron chi connectivity index (χ1n) is 7.64. The number of sulfonamides is 1. The molecular weight excluding hydrogens is 336 g/mol. The number of amides is 1. The van der Waals surface area contributed by atoms with Crippen molar-refractivity contribution in [1.82, 2.24) is 9.21 Å². The molecule has 6 nitrogen and oxygen atoms in total. The van der Waals surface area contributed by atoms with Crippen LogP contribution < -0.4 is 0 Å². The maximum absolute atomic E-state index is 12.6. The van der Waals surface area contributed by atoms with Crippen molar-refractivity contribution >= 4 is 27.7 Å². The van der Waals surface area contributed by atoms with Gasteiger partial charge in [-0.05, 0) is 30.7 Å². The predicted molar refractivity (Wildman–Crippen MR) is 89.1 cm³/mol. The fourth-order valence-electron chi connectivity index (χ4n) is 2.81. The van der Waals surface area contributed by atoms with Crippen LogP contribution in [0.25, 0.3) is 0 Å². The minimum absolute atomic E-state index is 0.167. The van der Waals surface area contributed by atoms with Gasteiger partial charge in [-0.1, -0.05) is 0 Å². The molecule has 1 aromatic carbocycles. The molecule has 2 aliphatic heterocycles. The standard InChI is InChI=1S/C15H20N2O4S2/c18-13-5-6-16(11-13)15(19)12-1-3-14(4-2-12)23(20,21)17-7-9-22-10-8-17/h1-4,13,18H,5-11H2/t13-/m1/s1. The van der Waals surface area contributed by atoms with Crippen LogP contribution in [0.1, 0.15) is 16.8 Å². The van der Waals surface area contributed by atoms with Crippen molar-refractivity contribution in [2.24, 2.45) is 0 Å². The van der Waals surface area contributed by atoms with Crippen LogP contribution >= 0.6 is 11.8 Å². The molecule has 126 valence electrons. The molecule has 0 aromatic heterocycles. The summed E-state index contributed by atoms with van der Waals surface area (Å²) in [4.78, 5) is 14.1. The number of β-amino-alcohol motifs (C(OH)–C–C–N with tert-alkyl or cyclic N) is 1. The molecule has 2 aliphatic rings. The average Bonchev–Trinajstić information content (AvgIpc) is 3.01. The van der Waals surface area contributed by atoms with Crippen molar-refractivity contribution in [2.45, 2.75) is 17.4 Å². The Morgan fingerprint density at radius 1 is 1.13 bits per heavy atom. The highest BCUT2D eigenvalue weighted by Crippen LogP contribution is 2.21. The number of rotatable bonds is 3. The maximum atomic E-state index is 12.6. The zero-order valence-corrected chi connectivity index (χ0v) is 14.4. The second kappa shape index (κ2) is 6.80. The normalized spacial score (nSPS) is 23.2. The Morgan fingerprint density at radius 2 is 1.78 bits per heavy atom. The largest absolute Gasteiger partial charge is 0.391 e. The predicted octanol–water partition coefficient (Wildman–Crippen LogP) is 0.631. The topological polar surface area (TPSA) is 77.9 Å². The van der Waals surface area contributed by atoms with E-state index in [0.29, 0.717) is 38.2 Å². The van der Waals surface area contributed by atoms with Crippen molar-refractivity contribution < 1.29 is 18.3 Å².